The average molecular weight is 887 g/mol. The Morgan fingerprint density at radius 3 is 1.32 bits per heavy atom. The normalized spacial score (nSPS) is 17.8. The predicted octanol–water partition coefficient (Wildman–Crippen LogP) is 12.2. The van der Waals surface area contributed by atoms with Crippen molar-refractivity contribution in [3.05, 3.63) is 151 Å². The van der Waals surface area contributed by atoms with Gasteiger partial charge in [0.1, 0.15) is 0 Å². The fourth-order valence-electron chi connectivity index (χ4n) is 8.45. The first-order valence-electron chi connectivity index (χ1n) is 19.8. The Labute approximate surface area is 370 Å². The monoisotopic (exact) mass is 884 g/mol. The molecule has 3 aliphatic heterocycles. The Balaban J connectivity index is 1.44. The standard InChI is InChI=1S/C48H44Cl4N2O6/c1-56-37-19-13-31(25-39(37)58-3)35(29-9-15-33(16-10-29)53-21-5-6-22-53)27-48(42-41(47(55)60-48)43(49)45(51)46(52)44(42)50)28-36(32-14-20-38(57-2)40(26-32)59-4)30-11-17-34(18-12-30)54-23-7-8-24-54/h9-20,25-28H,5-8,21-24H2,1-4H3. The zero-order valence-corrected chi connectivity index (χ0v) is 36.8. The fourth-order valence-corrected chi connectivity index (χ4v) is 9.53. The third-order valence-electron chi connectivity index (χ3n) is 11.5. The van der Waals surface area contributed by atoms with E-state index in [0.29, 0.717) is 34.1 Å². The lowest BCUT2D eigenvalue weighted by atomic mass is 9.83. The van der Waals surface area contributed by atoms with Gasteiger partial charge in [0, 0.05) is 43.1 Å². The summed E-state index contributed by atoms with van der Waals surface area (Å²) in [7, 11) is 6.36. The maximum absolute atomic E-state index is 14.4. The lowest BCUT2D eigenvalue weighted by molar-refractivity contribution is 0.0300. The third-order valence-corrected chi connectivity index (χ3v) is 13.3. The van der Waals surface area contributed by atoms with Crippen LogP contribution in [0.1, 0.15) is 63.9 Å². The molecule has 0 spiro atoms. The van der Waals surface area contributed by atoms with Gasteiger partial charge in [-0.1, -0.05) is 82.8 Å². The minimum atomic E-state index is -1.71. The van der Waals surface area contributed by atoms with Gasteiger partial charge in [-0.2, -0.15) is 0 Å². The van der Waals surface area contributed by atoms with Gasteiger partial charge >= 0.3 is 5.97 Å². The van der Waals surface area contributed by atoms with Crippen molar-refractivity contribution in [3.8, 4) is 23.0 Å². The smallest absolute Gasteiger partial charge is 0.341 e. The van der Waals surface area contributed by atoms with Crippen LogP contribution in [-0.2, 0) is 10.3 Å². The number of halogens is 4. The maximum Gasteiger partial charge on any atom is 0.341 e. The number of nitrogens with zero attached hydrogens (tertiary/aromatic N) is 2. The van der Waals surface area contributed by atoms with Crippen molar-refractivity contribution in [2.75, 3.05) is 64.4 Å². The van der Waals surface area contributed by atoms with Gasteiger partial charge in [0.05, 0.1) is 54.1 Å². The minimum absolute atomic E-state index is 0.00294. The van der Waals surface area contributed by atoms with Crippen LogP contribution in [-0.4, -0.2) is 60.6 Å². The number of esters is 1. The van der Waals surface area contributed by atoms with Crippen LogP contribution in [0.3, 0.4) is 0 Å². The lowest BCUT2D eigenvalue weighted by Gasteiger charge is -2.28. The molecule has 0 atom stereocenters. The van der Waals surface area contributed by atoms with Gasteiger partial charge in [-0.3, -0.25) is 0 Å². The summed E-state index contributed by atoms with van der Waals surface area (Å²) >= 11 is 27.6. The number of methoxy groups -OCH3 is 4. The summed E-state index contributed by atoms with van der Waals surface area (Å²) in [6.07, 6.45) is 8.40. The van der Waals surface area contributed by atoms with Crippen LogP contribution in [0.2, 0.25) is 20.1 Å². The molecule has 0 radical (unpaired) electrons. The van der Waals surface area contributed by atoms with Crippen molar-refractivity contribution in [2.24, 2.45) is 0 Å². The van der Waals surface area contributed by atoms with Crippen molar-refractivity contribution in [1.82, 2.24) is 0 Å². The fraction of sp³-hybridized carbons (Fsp3) is 0.271. The van der Waals surface area contributed by atoms with Gasteiger partial charge < -0.3 is 33.5 Å². The van der Waals surface area contributed by atoms with Crippen LogP contribution in [0, 0.1) is 0 Å². The molecular weight excluding hydrogens is 842 g/mol. The van der Waals surface area contributed by atoms with Gasteiger partial charge in [-0.15, -0.1) is 0 Å². The lowest BCUT2D eigenvalue weighted by Crippen LogP contribution is -2.23. The molecule has 2 fully saturated rings. The van der Waals surface area contributed by atoms with Gasteiger partial charge in [0.2, 0.25) is 0 Å². The van der Waals surface area contributed by atoms with Crippen LogP contribution in [0.5, 0.6) is 23.0 Å². The van der Waals surface area contributed by atoms with E-state index in [0.717, 1.165) is 85.5 Å². The molecule has 310 valence electrons. The van der Waals surface area contributed by atoms with Crippen molar-refractivity contribution >= 4 is 74.9 Å². The molecule has 8 nitrogen and oxygen atoms in total. The van der Waals surface area contributed by atoms with Crippen LogP contribution < -0.4 is 28.7 Å². The van der Waals surface area contributed by atoms with Crippen molar-refractivity contribution < 1.29 is 28.5 Å². The van der Waals surface area contributed by atoms with E-state index in [4.69, 9.17) is 70.1 Å². The highest BCUT2D eigenvalue weighted by atomic mass is 35.5. The molecule has 60 heavy (non-hydrogen) atoms. The van der Waals surface area contributed by atoms with Crippen molar-refractivity contribution in [3.63, 3.8) is 0 Å². The number of fused-ring (bicyclic) bond motifs is 1. The quantitative estimate of drug-likeness (QED) is 0.0697. The molecule has 8 rings (SSSR count). The first-order chi connectivity index (χ1) is 29.1. The van der Waals surface area contributed by atoms with E-state index in [2.05, 4.69) is 58.3 Å². The third kappa shape index (κ3) is 7.75. The second kappa shape index (κ2) is 17.5. The summed E-state index contributed by atoms with van der Waals surface area (Å²) in [6, 6.07) is 28.1. The number of hydrogen-bond acceptors (Lipinski definition) is 8. The van der Waals surface area contributed by atoms with E-state index in [9.17, 15) is 4.79 Å². The van der Waals surface area contributed by atoms with Gasteiger partial charge in [-0.05, 0) is 120 Å². The predicted molar refractivity (Wildman–Crippen MR) is 243 cm³/mol. The first kappa shape index (κ1) is 41.7. The SMILES string of the molecule is COc1ccc(C(=CC2(C=C(c3ccc(N4CCCC4)cc3)c3ccc(OC)c(OC)c3)OC(=O)c3c(Cl)c(Cl)c(Cl)c(Cl)c32)c2ccc(N3CCCC3)cc2)cc1OC. The molecule has 5 aromatic carbocycles. The number of hydrogen-bond donors (Lipinski definition) is 0. The van der Waals surface area contributed by atoms with E-state index in [1.807, 2.05) is 48.6 Å². The van der Waals surface area contributed by atoms with Gasteiger partial charge in [0.15, 0.2) is 28.6 Å². The largest absolute Gasteiger partial charge is 0.493 e. The molecule has 0 aromatic heterocycles. The maximum atomic E-state index is 14.4. The minimum Gasteiger partial charge on any atom is -0.493 e. The highest BCUT2D eigenvalue weighted by molar-refractivity contribution is 6.53. The number of carbonyl (C=O) groups is 1. The Morgan fingerprint density at radius 1 is 0.533 bits per heavy atom. The molecule has 3 heterocycles. The second-order valence-corrected chi connectivity index (χ2v) is 16.4. The van der Waals surface area contributed by atoms with Crippen molar-refractivity contribution in [2.45, 2.75) is 31.3 Å². The van der Waals surface area contributed by atoms with E-state index in [-0.39, 0.29) is 31.2 Å². The number of benzene rings is 5. The number of cyclic esters (lactones) is 1. The van der Waals surface area contributed by atoms with Crippen LogP contribution in [0.4, 0.5) is 11.4 Å². The second-order valence-electron chi connectivity index (χ2n) is 14.9. The Bertz CT molecular complexity index is 2360. The summed E-state index contributed by atoms with van der Waals surface area (Å²) in [4.78, 5) is 19.1. The van der Waals surface area contributed by atoms with Gasteiger partial charge in [-0.25, -0.2) is 4.79 Å². The molecule has 2 saturated heterocycles. The summed E-state index contributed by atoms with van der Waals surface area (Å²) < 4.78 is 29.5. The van der Waals surface area contributed by atoms with Crippen LogP contribution in [0.25, 0.3) is 11.1 Å². The molecule has 5 aromatic rings. The topological polar surface area (TPSA) is 69.7 Å². The van der Waals surface area contributed by atoms with E-state index >= 15 is 0 Å². The Kier molecular flexibility index (Phi) is 12.2. The van der Waals surface area contributed by atoms with E-state index < -0.39 is 11.6 Å². The van der Waals surface area contributed by atoms with E-state index in [1.165, 1.54) is 0 Å². The molecule has 3 aliphatic rings. The Hall–Kier alpha value is -4.99. The average Bonchev–Trinajstić information content (AvgIpc) is 4.08. The number of carbonyl (C=O) groups excluding carboxylic acids is 1. The number of ether oxygens (including phenoxy) is 5. The zero-order valence-electron chi connectivity index (χ0n) is 33.8. The molecule has 0 amide bonds. The molecule has 12 heteroatoms. The summed E-state index contributed by atoms with van der Waals surface area (Å²) in [5.74, 6) is 1.43. The summed E-state index contributed by atoms with van der Waals surface area (Å²) in [5, 5.41) is -0.0682. The first-order valence-corrected chi connectivity index (χ1v) is 21.3. The zero-order chi connectivity index (χ0) is 42.1. The van der Waals surface area contributed by atoms with Gasteiger partial charge in [0.25, 0.3) is 0 Å². The number of anilines is 2. The highest BCUT2D eigenvalue weighted by Crippen LogP contribution is 2.54. The molecule has 0 aliphatic carbocycles. The molecule has 0 saturated carbocycles. The van der Waals surface area contributed by atoms with Crippen LogP contribution in [0.15, 0.2) is 97.1 Å². The van der Waals surface area contributed by atoms with Crippen molar-refractivity contribution in [1.29, 1.82) is 0 Å². The molecule has 0 bridgehead atoms. The highest BCUT2D eigenvalue weighted by Gasteiger charge is 2.48. The van der Waals surface area contributed by atoms with Crippen LogP contribution >= 0.6 is 46.4 Å². The summed E-state index contributed by atoms with van der Waals surface area (Å²) in [6.45, 7) is 4.00. The molecular formula is C48H44Cl4N2O6. The Morgan fingerprint density at radius 2 is 0.917 bits per heavy atom. The number of rotatable bonds is 12. The molecule has 0 N–H and O–H groups in total. The van der Waals surface area contributed by atoms with E-state index in [1.54, 1.807) is 28.4 Å². The summed E-state index contributed by atoms with van der Waals surface area (Å²) in [5.41, 5.74) is 5.41. The molecule has 0 unspecified atom stereocenters.